The Kier molecular flexibility index (Phi) is 3.41. The van der Waals surface area contributed by atoms with Gasteiger partial charge in [0.25, 0.3) is 0 Å². The smallest absolute Gasteiger partial charge is 0.0790 e. The number of rotatable bonds is 4. The molecular formula is C13H13BrClN3. The zero-order valence-electron chi connectivity index (χ0n) is 9.74. The van der Waals surface area contributed by atoms with Crippen LogP contribution in [0.5, 0.6) is 0 Å². The number of benzene rings is 1. The van der Waals surface area contributed by atoms with Gasteiger partial charge in [-0.15, -0.1) is 0 Å². The van der Waals surface area contributed by atoms with Crippen LogP contribution in [0.1, 0.15) is 18.4 Å². The van der Waals surface area contributed by atoms with Crippen LogP contribution in [-0.2, 0) is 6.54 Å². The first kappa shape index (κ1) is 12.2. The summed E-state index contributed by atoms with van der Waals surface area (Å²) < 4.78 is 2.79. The highest BCUT2D eigenvalue weighted by Gasteiger charge is 2.20. The fourth-order valence-corrected chi connectivity index (χ4v) is 2.57. The first-order chi connectivity index (χ1) is 8.72. The van der Waals surface area contributed by atoms with Crippen molar-refractivity contribution in [1.29, 1.82) is 0 Å². The van der Waals surface area contributed by atoms with E-state index < -0.39 is 0 Å². The Morgan fingerprint density at radius 3 is 2.89 bits per heavy atom. The maximum absolute atomic E-state index is 5.88. The van der Waals surface area contributed by atoms with Crippen LogP contribution >= 0.6 is 27.5 Å². The zero-order chi connectivity index (χ0) is 12.5. The third kappa shape index (κ3) is 2.76. The van der Waals surface area contributed by atoms with E-state index in [1.54, 1.807) is 17.1 Å². The van der Waals surface area contributed by atoms with Crippen molar-refractivity contribution >= 4 is 27.5 Å². The summed E-state index contributed by atoms with van der Waals surface area (Å²) >= 11 is 9.46. The largest absolute Gasteiger partial charge is 0.310 e. The lowest BCUT2D eigenvalue weighted by Crippen LogP contribution is -2.15. The van der Waals surface area contributed by atoms with E-state index in [0.717, 1.165) is 22.7 Å². The Labute approximate surface area is 119 Å². The molecule has 1 N–H and O–H groups in total. The second-order valence-electron chi connectivity index (χ2n) is 4.54. The molecule has 94 valence electrons. The number of halogens is 2. The molecule has 0 saturated heterocycles. The van der Waals surface area contributed by atoms with Gasteiger partial charge in [0, 0.05) is 23.3 Å². The molecule has 18 heavy (non-hydrogen) atoms. The van der Waals surface area contributed by atoms with E-state index in [1.165, 1.54) is 18.4 Å². The molecule has 0 aliphatic heterocycles. The number of hydrogen-bond donors (Lipinski definition) is 1. The molecule has 3 nitrogen and oxygen atoms in total. The standard InChI is InChI=1S/C13H13BrClN3/c14-12-5-9(6-16-11-2-3-11)1-4-13(12)18-8-10(15)7-17-18/h1,4-5,7-8,11,16H,2-3,6H2. The number of nitrogens with zero attached hydrogens (tertiary/aromatic N) is 2. The van der Waals surface area contributed by atoms with Gasteiger partial charge in [-0.2, -0.15) is 5.10 Å². The van der Waals surface area contributed by atoms with Gasteiger partial charge in [-0.25, -0.2) is 4.68 Å². The van der Waals surface area contributed by atoms with Crippen LogP contribution in [0.2, 0.25) is 5.02 Å². The van der Waals surface area contributed by atoms with E-state index in [9.17, 15) is 0 Å². The molecule has 1 aliphatic rings. The average Bonchev–Trinajstić information content (AvgIpc) is 3.09. The average molecular weight is 327 g/mol. The van der Waals surface area contributed by atoms with Gasteiger partial charge in [0.1, 0.15) is 0 Å². The molecule has 0 atom stereocenters. The van der Waals surface area contributed by atoms with Crippen LogP contribution in [0.15, 0.2) is 35.1 Å². The highest BCUT2D eigenvalue weighted by Crippen LogP contribution is 2.24. The molecule has 2 aromatic rings. The van der Waals surface area contributed by atoms with Crippen LogP contribution in [0, 0.1) is 0 Å². The topological polar surface area (TPSA) is 29.9 Å². The van der Waals surface area contributed by atoms with Crippen molar-refractivity contribution in [3.05, 3.63) is 45.7 Å². The van der Waals surface area contributed by atoms with Gasteiger partial charge in [0.15, 0.2) is 0 Å². The highest BCUT2D eigenvalue weighted by atomic mass is 79.9. The molecule has 0 spiro atoms. The lowest BCUT2D eigenvalue weighted by atomic mass is 10.2. The SMILES string of the molecule is Clc1cnn(-c2ccc(CNC3CC3)cc2Br)c1. The van der Waals surface area contributed by atoms with Gasteiger partial charge in [-0.05, 0) is 46.5 Å². The molecule has 3 rings (SSSR count). The number of aromatic nitrogens is 2. The Bertz CT molecular complexity index is 563. The van der Waals surface area contributed by atoms with Crippen molar-refractivity contribution in [2.45, 2.75) is 25.4 Å². The van der Waals surface area contributed by atoms with E-state index >= 15 is 0 Å². The van der Waals surface area contributed by atoms with Gasteiger partial charge in [0.05, 0.1) is 16.9 Å². The first-order valence-corrected chi connectivity index (χ1v) is 7.12. The molecule has 0 radical (unpaired) electrons. The highest BCUT2D eigenvalue weighted by molar-refractivity contribution is 9.10. The fourth-order valence-electron chi connectivity index (χ4n) is 1.83. The molecule has 1 aromatic carbocycles. The minimum absolute atomic E-state index is 0.640. The molecular weight excluding hydrogens is 314 g/mol. The summed E-state index contributed by atoms with van der Waals surface area (Å²) in [6, 6.07) is 7.02. The van der Waals surface area contributed by atoms with E-state index in [2.05, 4.69) is 44.5 Å². The first-order valence-electron chi connectivity index (χ1n) is 5.95. The predicted octanol–water partition coefficient (Wildman–Crippen LogP) is 3.54. The summed E-state index contributed by atoms with van der Waals surface area (Å²) in [7, 11) is 0. The summed E-state index contributed by atoms with van der Waals surface area (Å²) in [4.78, 5) is 0. The van der Waals surface area contributed by atoms with E-state index in [1.807, 2.05) is 0 Å². The van der Waals surface area contributed by atoms with Crippen LogP contribution in [-0.4, -0.2) is 15.8 Å². The van der Waals surface area contributed by atoms with Crippen molar-refractivity contribution in [1.82, 2.24) is 15.1 Å². The molecule has 0 unspecified atom stereocenters. The van der Waals surface area contributed by atoms with Gasteiger partial charge >= 0.3 is 0 Å². The Hall–Kier alpha value is -0.840. The second kappa shape index (κ2) is 5.03. The molecule has 5 heteroatoms. The monoisotopic (exact) mass is 325 g/mol. The van der Waals surface area contributed by atoms with Crippen LogP contribution in [0.4, 0.5) is 0 Å². The summed E-state index contributed by atoms with van der Waals surface area (Å²) in [6.45, 7) is 0.920. The molecule has 1 aromatic heterocycles. The van der Waals surface area contributed by atoms with E-state index in [0.29, 0.717) is 5.02 Å². The number of nitrogens with one attached hydrogen (secondary N) is 1. The third-order valence-corrected chi connectivity index (χ3v) is 3.81. The fraction of sp³-hybridized carbons (Fsp3) is 0.308. The molecule has 1 heterocycles. The maximum Gasteiger partial charge on any atom is 0.0790 e. The molecule has 0 amide bonds. The van der Waals surface area contributed by atoms with Gasteiger partial charge in [-0.1, -0.05) is 17.7 Å². The lowest BCUT2D eigenvalue weighted by molar-refractivity contribution is 0.687. The minimum Gasteiger partial charge on any atom is -0.310 e. The van der Waals surface area contributed by atoms with Crippen molar-refractivity contribution in [3.63, 3.8) is 0 Å². The molecule has 1 saturated carbocycles. The quantitative estimate of drug-likeness (QED) is 0.931. The Morgan fingerprint density at radius 1 is 1.44 bits per heavy atom. The van der Waals surface area contributed by atoms with Gasteiger partial charge in [-0.3, -0.25) is 0 Å². The van der Waals surface area contributed by atoms with Crippen molar-refractivity contribution in [2.24, 2.45) is 0 Å². The van der Waals surface area contributed by atoms with Crippen molar-refractivity contribution in [2.75, 3.05) is 0 Å². The zero-order valence-corrected chi connectivity index (χ0v) is 12.1. The predicted molar refractivity (Wildman–Crippen MR) is 76.1 cm³/mol. The maximum atomic E-state index is 5.88. The van der Waals surface area contributed by atoms with Crippen molar-refractivity contribution in [3.8, 4) is 5.69 Å². The van der Waals surface area contributed by atoms with Gasteiger partial charge in [0.2, 0.25) is 0 Å². The van der Waals surface area contributed by atoms with Crippen LogP contribution < -0.4 is 5.32 Å². The molecule has 0 bridgehead atoms. The Balaban J connectivity index is 1.79. The van der Waals surface area contributed by atoms with E-state index in [-0.39, 0.29) is 0 Å². The lowest BCUT2D eigenvalue weighted by Gasteiger charge is -2.08. The van der Waals surface area contributed by atoms with Crippen molar-refractivity contribution < 1.29 is 0 Å². The summed E-state index contributed by atoms with van der Waals surface area (Å²) in [5.74, 6) is 0. The molecule has 1 fully saturated rings. The Morgan fingerprint density at radius 2 is 2.28 bits per heavy atom. The molecule has 1 aliphatic carbocycles. The summed E-state index contributed by atoms with van der Waals surface area (Å²) in [5, 5.41) is 8.34. The van der Waals surface area contributed by atoms with Crippen LogP contribution in [0.25, 0.3) is 5.69 Å². The number of hydrogen-bond acceptors (Lipinski definition) is 2. The van der Waals surface area contributed by atoms with E-state index in [4.69, 9.17) is 11.6 Å². The third-order valence-electron chi connectivity index (χ3n) is 2.98. The normalized spacial score (nSPS) is 15.0. The van der Waals surface area contributed by atoms with Crippen LogP contribution in [0.3, 0.4) is 0 Å². The minimum atomic E-state index is 0.640. The second-order valence-corrected chi connectivity index (χ2v) is 5.83. The van der Waals surface area contributed by atoms with Gasteiger partial charge < -0.3 is 5.32 Å². The summed E-state index contributed by atoms with van der Waals surface area (Å²) in [6.07, 6.45) is 6.05. The summed E-state index contributed by atoms with van der Waals surface area (Å²) in [5.41, 5.74) is 2.27.